The lowest BCUT2D eigenvalue weighted by atomic mass is 10.0. The number of benzene rings is 10. The highest BCUT2D eigenvalue weighted by Crippen LogP contribution is 2.39. The van der Waals surface area contributed by atoms with E-state index in [2.05, 4.69) is 289 Å². The lowest BCUT2D eigenvalue weighted by molar-refractivity contribution is 1.28. The van der Waals surface area contributed by atoms with Crippen LogP contribution in [-0.4, -0.2) is 0 Å². The Hall–Kier alpha value is -8.60. The zero-order valence-corrected chi connectivity index (χ0v) is 37.1. The molecule has 10 aromatic rings. The number of anilines is 10. The van der Waals surface area contributed by atoms with E-state index >= 15 is 0 Å². The summed E-state index contributed by atoms with van der Waals surface area (Å²) in [5.74, 6) is 0. The first-order chi connectivity index (χ1) is 32.5. The van der Waals surface area contributed by atoms with Gasteiger partial charge in [0.15, 0.2) is 0 Å². The second kappa shape index (κ2) is 19.0. The van der Waals surface area contributed by atoms with Crippen molar-refractivity contribution in [1.82, 2.24) is 0 Å². The minimum absolute atomic E-state index is 1.03. The van der Waals surface area contributed by atoms with E-state index in [9.17, 15) is 0 Å². The minimum atomic E-state index is 1.03. The van der Waals surface area contributed by atoms with E-state index in [0.717, 1.165) is 68.0 Å². The van der Waals surface area contributed by atoms with Crippen molar-refractivity contribution in [2.75, 3.05) is 20.4 Å². The average Bonchev–Trinajstić information content (AvgIpc) is 3.37. The van der Waals surface area contributed by atoms with Gasteiger partial charge in [-0.3, -0.25) is 0 Å². The van der Waals surface area contributed by atoms with E-state index in [0.29, 0.717) is 0 Å². The first-order valence-electron chi connectivity index (χ1n) is 22.5. The van der Waals surface area contributed by atoms with Gasteiger partial charge in [0.2, 0.25) is 0 Å². The summed E-state index contributed by atoms with van der Waals surface area (Å²) in [6.45, 7) is 4.26. The molecule has 4 nitrogen and oxygen atoms in total. The average molecular weight is 851 g/mol. The molecule has 0 saturated heterocycles. The molecule has 0 spiro atoms. The third-order valence-corrected chi connectivity index (χ3v) is 11.9. The van der Waals surface area contributed by atoms with Crippen LogP contribution >= 0.6 is 0 Å². The van der Waals surface area contributed by atoms with E-state index in [4.69, 9.17) is 0 Å². The van der Waals surface area contributed by atoms with Crippen LogP contribution in [0.2, 0.25) is 0 Å². The minimum Gasteiger partial charge on any atom is -0.356 e. The molecule has 0 saturated carbocycles. The van der Waals surface area contributed by atoms with Gasteiger partial charge in [0.1, 0.15) is 0 Å². The predicted octanol–water partition coefficient (Wildman–Crippen LogP) is 17.7. The number of hydrogen-bond donors (Lipinski definition) is 2. The van der Waals surface area contributed by atoms with Crippen LogP contribution < -0.4 is 20.4 Å². The van der Waals surface area contributed by atoms with Gasteiger partial charge in [-0.25, -0.2) is 0 Å². The fraction of sp³-hybridized carbons (Fsp3) is 0.0323. The van der Waals surface area contributed by atoms with Crippen LogP contribution in [-0.2, 0) is 0 Å². The second-order valence-corrected chi connectivity index (χ2v) is 16.7. The molecule has 0 unspecified atom stereocenters. The number of nitrogens with zero attached hydrogens (tertiary/aromatic N) is 2. The Kier molecular flexibility index (Phi) is 11.9. The van der Waals surface area contributed by atoms with Crippen molar-refractivity contribution in [3.63, 3.8) is 0 Å². The molecule has 0 aliphatic rings. The van der Waals surface area contributed by atoms with Crippen LogP contribution in [0.1, 0.15) is 11.1 Å². The van der Waals surface area contributed by atoms with Crippen LogP contribution in [0, 0.1) is 13.8 Å². The van der Waals surface area contributed by atoms with Crippen LogP contribution in [0.25, 0.3) is 33.4 Å². The molecule has 0 aliphatic heterocycles. The molecular formula is C62H50N4. The summed E-state index contributed by atoms with van der Waals surface area (Å²) in [7, 11) is 0. The Balaban J connectivity index is 0.847. The van der Waals surface area contributed by atoms with E-state index < -0.39 is 0 Å². The lowest BCUT2D eigenvalue weighted by Crippen LogP contribution is -2.10. The van der Waals surface area contributed by atoms with Crippen LogP contribution in [0.3, 0.4) is 0 Å². The van der Waals surface area contributed by atoms with E-state index in [1.54, 1.807) is 0 Å². The lowest BCUT2D eigenvalue weighted by Gasteiger charge is -2.26. The largest absolute Gasteiger partial charge is 0.356 e. The fourth-order valence-electron chi connectivity index (χ4n) is 8.52. The molecule has 0 amide bonds. The molecule has 318 valence electrons. The molecule has 0 atom stereocenters. The Morgan fingerprint density at radius 1 is 0.227 bits per heavy atom. The Bertz CT molecular complexity index is 2930. The van der Waals surface area contributed by atoms with Crippen molar-refractivity contribution in [2.45, 2.75) is 13.8 Å². The Morgan fingerprint density at radius 3 is 0.803 bits per heavy atom. The first kappa shape index (κ1) is 41.4. The van der Waals surface area contributed by atoms with Crippen molar-refractivity contribution < 1.29 is 0 Å². The summed E-state index contributed by atoms with van der Waals surface area (Å²) in [6.07, 6.45) is 0. The molecule has 0 aliphatic carbocycles. The highest BCUT2D eigenvalue weighted by Gasteiger charge is 2.15. The van der Waals surface area contributed by atoms with Gasteiger partial charge < -0.3 is 20.4 Å². The van der Waals surface area contributed by atoms with Crippen molar-refractivity contribution in [1.29, 1.82) is 0 Å². The maximum atomic E-state index is 3.59. The Morgan fingerprint density at radius 2 is 0.485 bits per heavy atom. The van der Waals surface area contributed by atoms with Gasteiger partial charge in [-0.2, -0.15) is 0 Å². The third kappa shape index (κ3) is 9.50. The molecule has 10 aromatic carbocycles. The highest BCUT2D eigenvalue weighted by molar-refractivity contribution is 5.82. The fourth-order valence-corrected chi connectivity index (χ4v) is 8.52. The van der Waals surface area contributed by atoms with Gasteiger partial charge in [-0.15, -0.1) is 0 Å². The molecule has 0 bridgehead atoms. The normalized spacial score (nSPS) is 10.9. The zero-order valence-electron chi connectivity index (χ0n) is 37.1. The molecule has 2 N–H and O–H groups in total. The van der Waals surface area contributed by atoms with Crippen molar-refractivity contribution in [3.05, 3.63) is 266 Å². The number of nitrogens with one attached hydrogen (secondary N) is 2. The summed E-state index contributed by atoms with van der Waals surface area (Å²) in [5.41, 5.74) is 20.4. The molecule has 0 radical (unpaired) electrons. The maximum absolute atomic E-state index is 3.59. The van der Waals surface area contributed by atoms with Gasteiger partial charge in [-0.05, 0) is 169 Å². The third-order valence-electron chi connectivity index (χ3n) is 11.9. The van der Waals surface area contributed by atoms with Gasteiger partial charge >= 0.3 is 0 Å². The quantitative estimate of drug-likeness (QED) is 0.121. The number of rotatable bonds is 13. The Labute approximate surface area is 388 Å². The summed E-state index contributed by atoms with van der Waals surface area (Å²) in [4.78, 5) is 4.60. The molecule has 0 fully saturated rings. The standard InChI is InChI=1S/C62H50N4/c1-45-11-9-13-51(43-45)49-19-27-53(28-20-49)63-55-31-39-61(40-32-55)65(57-15-5-3-6-16-57)59-35-23-47(24-36-59)48-25-37-60(38-26-48)66(58-17-7-4-8-18-58)62-41-33-56(34-42-62)64-54-29-21-50(22-30-54)52-14-10-12-46(2)44-52/h3-44,63-64H,1-2H3. The molecule has 0 aromatic heterocycles. The second-order valence-electron chi connectivity index (χ2n) is 16.7. The summed E-state index contributed by atoms with van der Waals surface area (Å²) >= 11 is 0. The number of aryl methyl sites for hydroxylation is 2. The monoisotopic (exact) mass is 850 g/mol. The molecule has 10 rings (SSSR count). The topological polar surface area (TPSA) is 30.5 Å². The zero-order chi connectivity index (χ0) is 44.7. The van der Waals surface area contributed by atoms with Crippen molar-refractivity contribution >= 4 is 56.9 Å². The molecule has 66 heavy (non-hydrogen) atoms. The summed E-state index contributed by atoms with van der Waals surface area (Å²) in [6, 6.07) is 90.6. The molecular weight excluding hydrogens is 801 g/mol. The van der Waals surface area contributed by atoms with Crippen molar-refractivity contribution in [2.24, 2.45) is 0 Å². The van der Waals surface area contributed by atoms with E-state index in [-0.39, 0.29) is 0 Å². The van der Waals surface area contributed by atoms with E-state index in [1.807, 2.05) is 0 Å². The van der Waals surface area contributed by atoms with Gasteiger partial charge in [0, 0.05) is 56.9 Å². The van der Waals surface area contributed by atoms with Crippen LogP contribution in [0.4, 0.5) is 56.9 Å². The number of para-hydroxylation sites is 2. The molecule has 0 heterocycles. The maximum Gasteiger partial charge on any atom is 0.0463 e. The van der Waals surface area contributed by atoms with Gasteiger partial charge in [0.25, 0.3) is 0 Å². The van der Waals surface area contributed by atoms with Crippen molar-refractivity contribution in [3.8, 4) is 33.4 Å². The van der Waals surface area contributed by atoms with E-state index in [1.165, 1.54) is 33.4 Å². The van der Waals surface area contributed by atoms with Gasteiger partial charge in [-0.1, -0.05) is 145 Å². The number of hydrogen-bond acceptors (Lipinski definition) is 4. The first-order valence-corrected chi connectivity index (χ1v) is 22.5. The summed E-state index contributed by atoms with van der Waals surface area (Å²) < 4.78 is 0. The van der Waals surface area contributed by atoms with Crippen LogP contribution in [0.15, 0.2) is 255 Å². The highest BCUT2D eigenvalue weighted by atomic mass is 15.1. The summed E-state index contributed by atoms with van der Waals surface area (Å²) in [5, 5.41) is 7.17. The smallest absolute Gasteiger partial charge is 0.0463 e. The van der Waals surface area contributed by atoms with Gasteiger partial charge in [0.05, 0.1) is 0 Å². The molecule has 4 heteroatoms. The predicted molar refractivity (Wildman–Crippen MR) is 281 cm³/mol. The van der Waals surface area contributed by atoms with Crippen LogP contribution in [0.5, 0.6) is 0 Å². The SMILES string of the molecule is Cc1cccc(-c2ccc(Nc3ccc(N(c4ccccc4)c4ccc(-c5ccc(N(c6ccccc6)c6ccc(Nc7ccc(-c8cccc(C)c8)cc7)cc6)cc5)cc4)cc3)cc2)c1.